The molecule has 0 saturated carbocycles. The Labute approximate surface area is 168 Å². The molecule has 1 unspecified atom stereocenters. The average molecular weight is 417 g/mol. The number of guanidine groups is 1. The molecule has 1 amide bonds. The largest absolute Gasteiger partial charge is 0.416 e. The molecule has 9 heteroatoms. The lowest BCUT2D eigenvalue weighted by Crippen LogP contribution is -2.46. The topological polar surface area (TPSA) is 56.7 Å². The summed E-state index contributed by atoms with van der Waals surface area (Å²) < 4.78 is 38.7. The standard InChI is InChI=1S/C19H27F3N4OS/c1-18(8-5-9-28-18)13-25-17(24-12-16(27)26(2)3)23-11-14-6-4-7-15(10-14)19(20,21)22/h4,6-7,10H,5,8-9,11-13H2,1-3H3,(H2,23,24,25). The number of nitrogens with zero attached hydrogens (tertiary/aromatic N) is 2. The van der Waals surface area contributed by atoms with Crippen molar-refractivity contribution in [2.75, 3.05) is 32.9 Å². The smallest absolute Gasteiger partial charge is 0.355 e. The van der Waals surface area contributed by atoms with Crippen LogP contribution in [0.15, 0.2) is 29.3 Å². The van der Waals surface area contributed by atoms with Crippen LogP contribution in [0.4, 0.5) is 13.2 Å². The highest BCUT2D eigenvalue weighted by molar-refractivity contribution is 8.00. The van der Waals surface area contributed by atoms with Crippen molar-refractivity contribution in [2.45, 2.75) is 37.2 Å². The summed E-state index contributed by atoms with van der Waals surface area (Å²) in [4.78, 5) is 17.7. The van der Waals surface area contributed by atoms with Gasteiger partial charge < -0.3 is 15.5 Å². The summed E-state index contributed by atoms with van der Waals surface area (Å²) in [6.45, 7) is 2.99. The van der Waals surface area contributed by atoms with E-state index in [0.717, 1.165) is 30.7 Å². The Hall–Kier alpha value is -1.90. The van der Waals surface area contributed by atoms with E-state index in [1.165, 1.54) is 11.0 Å². The van der Waals surface area contributed by atoms with Gasteiger partial charge in [0.25, 0.3) is 0 Å². The van der Waals surface area contributed by atoms with E-state index in [1.54, 1.807) is 20.2 Å². The van der Waals surface area contributed by atoms with E-state index in [1.807, 2.05) is 11.8 Å². The predicted molar refractivity (Wildman–Crippen MR) is 107 cm³/mol. The van der Waals surface area contributed by atoms with Crippen molar-refractivity contribution < 1.29 is 18.0 Å². The molecule has 1 aromatic rings. The van der Waals surface area contributed by atoms with Gasteiger partial charge >= 0.3 is 6.18 Å². The zero-order valence-electron chi connectivity index (χ0n) is 16.4. The summed E-state index contributed by atoms with van der Waals surface area (Å²) in [7, 11) is 3.32. The fraction of sp³-hybridized carbons (Fsp3) is 0.579. The van der Waals surface area contributed by atoms with E-state index in [4.69, 9.17) is 0 Å². The van der Waals surface area contributed by atoms with Gasteiger partial charge in [0.2, 0.25) is 5.91 Å². The zero-order chi connectivity index (χ0) is 20.8. The Morgan fingerprint density at radius 3 is 2.68 bits per heavy atom. The van der Waals surface area contributed by atoms with Gasteiger partial charge in [-0.25, -0.2) is 4.99 Å². The van der Waals surface area contributed by atoms with Gasteiger partial charge in [-0.05, 0) is 43.2 Å². The molecule has 0 spiro atoms. The minimum absolute atomic E-state index is 0.0608. The highest BCUT2D eigenvalue weighted by atomic mass is 32.2. The van der Waals surface area contributed by atoms with Crippen LogP contribution >= 0.6 is 11.8 Å². The molecule has 0 bridgehead atoms. The molecule has 1 heterocycles. The minimum atomic E-state index is -4.38. The molecule has 28 heavy (non-hydrogen) atoms. The number of carbonyl (C=O) groups excluding carboxylic acids is 1. The van der Waals surface area contributed by atoms with Gasteiger partial charge in [0.1, 0.15) is 0 Å². The highest BCUT2D eigenvalue weighted by Crippen LogP contribution is 2.36. The van der Waals surface area contributed by atoms with E-state index >= 15 is 0 Å². The number of benzene rings is 1. The summed E-state index contributed by atoms with van der Waals surface area (Å²) in [5.41, 5.74) is -0.239. The molecule has 0 radical (unpaired) electrons. The van der Waals surface area contributed by atoms with Crippen LogP contribution in [-0.4, -0.2) is 54.5 Å². The molecule has 1 saturated heterocycles. The van der Waals surface area contributed by atoms with Crippen molar-refractivity contribution in [3.63, 3.8) is 0 Å². The number of nitrogens with one attached hydrogen (secondary N) is 2. The third kappa shape index (κ3) is 6.92. The van der Waals surface area contributed by atoms with Gasteiger partial charge in [-0.2, -0.15) is 24.9 Å². The lowest BCUT2D eigenvalue weighted by atomic mass is 10.1. The summed E-state index contributed by atoms with van der Waals surface area (Å²) in [6, 6.07) is 5.12. The van der Waals surface area contributed by atoms with Gasteiger partial charge in [0.15, 0.2) is 5.96 Å². The first-order chi connectivity index (χ1) is 13.1. The number of carbonyl (C=O) groups is 1. The van der Waals surface area contributed by atoms with Crippen LogP contribution in [0.25, 0.3) is 0 Å². The maximum Gasteiger partial charge on any atom is 0.416 e. The molecule has 1 atom stereocenters. The number of thioether (sulfide) groups is 1. The van der Waals surface area contributed by atoms with Crippen LogP contribution in [-0.2, 0) is 17.5 Å². The lowest BCUT2D eigenvalue weighted by molar-refractivity contribution is -0.137. The molecule has 156 valence electrons. The van der Waals surface area contributed by atoms with Gasteiger partial charge in [-0.3, -0.25) is 4.79 Å². The molecule has 2 rings (SSSR count). The SMILES string of the molecule is CN(C)C(=O)CNC(=NCc1cccc(C(F)(F)F)c1)NCC1(C)CCCS1. The van der Waals surface area contributed by atoms with E-state index in [2.05, 4.69) is 22.5 Å². The quantitative estimate of drug-likeness (QED) is 0.553. The van der Waals surface area contributed by atoms with E-state index in [0.29, 0.717) is 18.1 Å². The molecule has 1 aromatic carbocycles. The highest BCUT2D eigenvalue weighted by Gasteiger charge is 2.31. The Morgan fingerprint density at radius 2 is 2.07 bits per heavy atom. The predicted octanol–water partition coefficient (Wildman–Crippen LogP) is 3.11. The van der Waals surface area contributed by atoms with Crippen LogP contribution in [0.5, 0.6) is 0 Å². The summed E-state index contributed by atoms with van der Waals surface area (Å²) in [5, 5.41) is 6.21. The second-order valence-corrected chi connectivity index (χ2v) is 8.94. The van der Waals surface area contributed by atoms with Crippen LogP contribution in [0, 0.1) is 0 Å². The molecule has 2 N–H and O–H groups in total. The average Bonchev–Trinajstić information content (AvgIpc) is 3.07. The molecular weight excluding hydrogens is 389 g/mol. The second-order valence-electron chi connectivity index (χ2n) is 7.26. The van der Waals surface area contributed by atoms with Gasteiger partial charge in [-0.1, -0.05) is 12.1 Å². The number of halogens is 3. The van der Waals surface area contributed by atoms with Crippen LogP contribution in [0.3, 0.4) is 0 Å². The van der Waals surface area contributed by atoms with E-state index in [-0.39, 0.29) is 23.7 Å². The number of rotatable bonds is 6. The van der Waals surface area contributed by atoms with Crippen LogP contribution in [0.1, 0.15) is 30.9 Å². The number of hydrogen-bond acceptors (Lipinski definition) is 3. The number of hydrogen-bond donors (Lipinski definition) is 2. The van der Waals surface area contributed by atoms with Crippen molar-refractivity contribution in [3.8, 4) is 0 Å². The zero-order valence-corrected chi connectivity index (χ0v) is 17.2. The van der Waals surface area contributed by atoms with Gasteiger partial charge in [0, 0.05) is 25.4 Å². The van der Waals surface area contributed by atoms with Gasteiger partial charge in [0.05, 0.1) is 18.7 Å². The molecule has 1 aliphatic rings. The summed E-state index contributed by atoms with van der Waals surface area (Å²) >= 11 is 1.89. The normalized spacial score (nSPS) is 20.1. The Bertz CT molecular complexity index is 701. The molecular formula is C19H27F3N4OS. The third-order valence-corrected chi connectivity index (χ3v) is 6.05. The van der Waals surface area contributed by atoms with E-state index in [9.17, 15) is 18.0 Å². The van der Waals surface area contributed by atoms with Crippen molar-refractivity contribution in [1.29, 1.82) is 0 Å². The second kappa shape index (κ2) is 9.54. The Morgan fingerprint density at radius 1 is 1.32 bits per heavy atom. The van der Waals surface area contributed by atoms with Gasteiger partial charge in [-0.15, -0.1) is 0 Å². The van der Waals surface area contributed by atoms with Crippen molar-refractivity contribution in [2.24, 2.45) is 4.99 Å². The van der Waals surface area contributed by atoms with Crippen LogP contribution < -0.4 is 10.6 Å². The van der Waals surface area contributed by atoms with E-state index < -0.39 is 11.7 Å². The Kier molecular flexibility index (Phi) is 7.63. The first kappa shape index (κ1) is 22.4. The monoisotopic (exact) mass is 416 g/mol. The Balaban J connectivity index is 2.07. The van der Waals surface area contributed by atoms with Crippen LogP contribution in [0.2, 0.25) is 0 Å². The lowest BCUT2D eigenvalue weighted by Gasteiger charge is -2.24. The summed E-state index contributed by atoms with van der Waals surface area (Å²) in [5.74, 6) is 1.41. The summed E-state index contributed by atoms with van der Waals surface area (Å²) in [6.07, 6.45) is -2.14. The number of amides is 1. The molecule has 1 aliphatic heterocycles. The fourth-order valence-corrected chi connectivity index (χ4v) is 4.00. The maximum absolute atomic E-state index is 12.9. The molecule has 1 fully saturated rings. The molecule has 0 aromatic heterocycles. The third-order valence-electron chi connectivity index (χ3n) is 4.51. The maximum atomic E-state index is 12.9. The minimum Gasteiger partial charge on any atom is -0.355 e. The first-order valence-corrected chi connectivity index (χ1v) is 10.1. The number of alkyl halides is 3. The van der Waals surface area contributed by atoms with Crippen molar-refractivity contribution in [1.82, 2.24) is 15.5 Å². The van der Waals surface area contributed by atoms with Crippen molar-refractivity contribution >= 4 is 23.6 Å². The first-order valence-electron chi connectivity index (χ1n) is 9.11. The molecule has 0 aliphatic carbocycles. The number of likely N-dealkylation sites (N-methyl/N-ethyl adjacent to an activating group) is 1. The molecule has 5 nitrogen and oxygen atoms in total. The fourth-order valence-electron chi connectivity index (χ4n) is 2.76. The number of aliphatic imine (C=N–C) groups is 1. The van der Waals surface area contributed by atoms with Crippen molar-refractivity contribution in [3.05, 3.63) is 35.4 Å².